The van der Waals surface area contributed by atoms with Crippen LogP contribution < -0.4 is 0 Å². The Hall–Kier alpha value is -0.530. The molecule has 1 heterocycles. The first-order valence-corrected chi connectivity index (χ1v) is 10.6. The molecule has 24 heavy (non-hydrogen) atoms. The van der Waals surface area contributed by atoms with Crippen LogP contribution in [0.15, 0.2) is 0 Å². The van der Waals surface area contributed by atoms with E-state index in [-0.39, 0.29) is 0 Å². The third-order valence-corrected chi connectivity index (χ3v) is 9.11. The van der Waals surface area contributed by atoms with Crippen molar-refractivity contribution in [3.63, 3.8) is 0 Å². The number of hydrogen-bond donors (Lipinski definition) is 0. The molecule has 0 bridgehead atoms. The summed E-state index contributed by atoms with van der Waals surface area (Å²) in [6.07, 6.45) is 13.2. The quantitative estimate of drug-likeness (QED) is 0.675. The Kier molecular flexibility index (Phi) is 4.05. The monoisotopic (exact) mass is 331 g/mol. The Balaban J connectivity index is 1.59. The molecule has 136 valence electrons. The SMILES string of the molecule is CCC[C@H]1C[C@H]2[C@@H]3CC[C@H]4N(C)C(=O)CC[C@]4(C)[C@H]3CC[C@]2(C)C1. The van der Waals surface area contributed by atoms with E-state index in [1.807, 2.05) is 0 Å². The first-order valence-electron chi connectivity index (χ1n) is 10.6. The number of piperidine rings is 1. The van der Waals surface area contributed by atoms with Crippen molar-refractivity contribution in [2.24, 2.45) is 34.5 Å². The molecular weight excluding hydrogens is 294 g/mol. The average molecular weight is 332 g/mol. The van der Waals surface area contributed by atoms with Crippen LogP contribution in [0, 0.1) is 34.5 Å². The van der Waals surface area contributed by atoms with Crippen LogP contribution in [-0.4, -0.2) is 23.9 Å². The number of likely N-dealkylation sites (tertiary alicyclic amines) is 1. The largest absolute Gasteiger partial charge is 0.342 e. The Morgan fingerprint density at radius 1 is 1.12 bits per heavy atom. The van der Waals surface area contributed by atoms with Crippen LogP contribution >= 0.6 is 0 Å². The predicted molar refractivity (Wildman–Crippen MR) is 98.6 cm³/mol. The van der Waals surface area contributed by atoms with Gasteiger partial charge < -0.3 is 4.90 Å². The van der Waals surface area contributed by atoms with Gasteiger partial charge in [-0.3, -0.25) is 4.79 Å². The van der Waals surface area contributed by atoms with E-state index in [0.717, 1.165) is 36.5 Å². The molecule has 7 atom stereocenters. The number of amides is 1. The lowest BCUT2D eigenvalue weighted by Crippen LogP contribution is -2.61. The van der Waals surface area contributed by atoms with E-state index in [0.29, 0.717) is 22.8 Å². The van der Waals surface area contributed by atoms with Gasteiger partial charge >= 0.3 is 0 Å². The smallest absolute Gasteiger partial charge is 0.222 e. The molecule has 0 N–H and O–H groups in total. The summed E-state index contributed by atoms with van der Waals surface area (Å²) in [5, 5.41) is 0. The van der Waals surface area contributed by atoms with E-state index in [4.69, 9.17) is 0 Å². The van der Waals surface area contributed by atoms with Crippen molar-refractivity contribution in [3.05, 3.63) is 0 Å². The third kappa shape index (κ3) is 2.31. The second kappa shape index (κ2) is 5.74. The van der Waals surface area contributed by atoms with E-state index < -0.39 is 0 Å². The molecule has 0 aromatic heterocycles. The molecule has 0 aromatic carbocycles. The molecule has 2 nitrogen and oxygen atoms in total. The molecule has 2 heteroatoms. The zero-order chi connectivity index (χ0) is 17.1. The van der Waals surface area contributed by atoms with Crippen LogP contribution in [0.5, 0.6) is 0 Å². The fourth-order valence-electron chi connectivity index (χ4n) is 7.99. The lowest BCUT2D eigenvalue weighted by Gasteiger charge is -2.61. The lowest BCUT2D eigenvalue weighted by molar-refractivity contribution is -0.156. The molecule has 0 unspecified atom stereocenters. The first-order chi connectivity index (χ1) is 11.4. The number of hydrogen-bond acceptors (Lipinski definition) is 1. The van der Waals surface area contributed by atoms with Crippen LogP contribution in [0.25, 0.3) is 0 Å². The second-order valence-corrected chi connectivity index (χ2v) is 10.3. The van der Waals surface area contributed by atoms with Gasteiger partial charge in [0.2, 0.25) is 5.91 Å². The molecule has 4 fully saturated rings. The molecule has 4 aliphatic rings. The maximum Gasteiger partial charge on any atom is 0.222 e. The van der Waals surface area contributed by atoms with Gasteiger partial charge in [0.1, 0.15) is 0 Å². The summed E-state index contributed by atoms with van der Waals surface area (Å²) in [7, 11) is 2.07. The molecule has 3 aliphatic carbocycles. The zero-order valence-corrected chi connectivity index (χ0v) is 16.3. The number of carbonyl (C=O) groups is 1. The van der Waals surface area contributed by atoms with E-state index >= 15 is 0 Å². The maximum absolute atomic E-state index is 12.2. The molecular formula is C22H37NO. The Morgan fingerprint density at radius 2 is 1.92 bits per heavy atom. The van der Waals surface area contributed by atoms with Crippen molar-refractivity contribution >= 4 is 5.91 Å². The van der Waals surface area contributed by atoms with Gasteiger partial charge in [-0.15, -0.1) is 0 Å². The normalized spacial score (nSPS) is 51.1. The van der Waals surface area contributed by atoms with E-state index in [1.165, 1.54) is 51.4 Å². The highest BCUT2D eigenvalue weighted by atomic mass is 16.2. The van der Waals surface area contributed by atoms with E-state index in [2.05, 4.69) is 32.7 Å². The van der Waals surface area contributed by atoms with Gasteiger partial charge in [0, 0.05) is 19.5 Å². The fraction of sp³-hybridized carbons (Fsp3) is 0.955. The minimum absolute atomic E-state index is 0.385. The molecule has 1 saturated heterocycles. The van der Waals surface area contributed by atoms with Crippen LogP contribution in [-0.2, 0) is 4.79 Å². The molecule has 0 radical (unpaired) electrons. The van der Waals surface area contributed by atoms with Gasteiger partial charge in [0.15, 0.2) is 0 Å². The Bertz CT molecular complexity index is 516. The maximum atomic E-state index is 12.2. The van der Waals surface area contributed by atoms with Gasteiger partial charge in [-0.05, 0) is 79.4 Å². The highest BCUT2D eigenvalue weighted by molar-refractivity contribution is 5.77. The summed E-state index contributed by atoms with van der Waals surface area (Å²) < 4.78 is 0. The fourth-order valence-corrected chi connectivity index (χ4v) is 7.99. The summed E-state index contributed by atoms with van der Waals surface area (Å²) in [5.41, 5.74) is 1.01. The molecule has 3 saturated carbocycles. The molecule has 1 amide bonds. The number of carbonyl (C=O) groups excluding carboxylic acids is 1. The highest BCUT2D eigenvalue weighted by Gasteiger charge is 2.60. The summed E-state index contributed by atoms with van der Waals surface area (Å²) in [5.74, 6) is 4.15. The molecule has 0 spiro atoms. The summed E-state index contributed by atoms with van der Waals surface area (Å²) in [6, 6.07) is 0.511. The number of fused-ring (bicyclic) bond motifs is 5. The topological polar surface area (TPSA) is 20.3 Å². The van der Waals surface area contributed by atoms with Crippen molar-refractivity contribution in [2.45, 2.75) is 91.0 Å². The van der Waals surface area contributed by atoms with Crippen LogP contribution in [0.2, 0.25) is 0 Å². The van der Waals surface area contributed by atoms with Gasteiger partial charge in [-0.1, -0.05) is 33.6 Å². The predicted octanol–water partition coefficient (Wildman–Crippen LogP) is 5.27. The van der Waals surface area contributed by atoms with Crippen LogP contribution in [0.3, 0.4) is 0 Å². The second-order valence-electron chi connectivity index (χ2n) is 10.3. The Morgan fingerprint density at radius 3 is 2.67 bits per heavy atom. The van der Waals surface area contributed by atoms with Gasteiger partial charge in [0.05, 0.1) is 0 Å². The molecule has 1 aliphatic heterocycles. The van der Waals surface area contributed by atoms with Crippen molar-refractivity contribution in [1.82, 2.24) is 4.90 Å². The highest BCUT2D eigenvalue weighted by Crippen LogP contribution is 2.65. The average Bonchev–Trinajstić information content (AvgIpc) is 2.88. The van der Waals surface area contributed by atoms with Crippen LogP contribution in [0.1, 0.15) is 85.0 Å². The van der Waals surface area contributed by atoms with Crippen LogP contribution in [0.4, 0.5) is 0 Å². The Labute approximate surface area is 148 Å². The van der Waals surface area contributed by atoms with Crippen molar-refractivity contribution < 1.29 is 4.79 Å². The summed E-state index contributed by atoms with van der Waals surface area (Å²) in [6.45, 7) is 7.52. The minimum atomic E-state index is 0.385. The lowest BCUT2D eigenvalue weighted by atomic mass is 9.47. The first kappa shape index (κ1) is 16.9. The van der Waals surface area contributed by atoms with E-state index in [1.54, 1.807) is 0 Å². The van der Waals surface area contributed by atoms with Crippen molar-refractivity contribution in [2.75, 3.05) is 7.05 Å². The molecule has 0 aromatic rings. The number of rotatable bonds is 2. The zero-order valence-electron chi connectivity index (χ0n) is 16.3. The van der Waals surface area contributed by atoms with E-state index in [9.17, 15) is 4.79 Å². The third-order valence-electron chi connectivity index (χ3n) is 9.11. The minimum Gasteiger partial charge on any atom is -0.342 e. The van der Waals surface area contributed by atoms with Crippen molar-refractivity contribution in [3.8, 4) is 0 Å². The van der Waals surface area contributed by atoms with Gasteiger partial charge in [-0.2, -0.15) is 0 Å². The van der Waals surface area contributed by atoms with Gasteiger partial charge in [-0.25, -0.2) is 0 Å². The number of nitrogens with zero attached hydrogens (tertiary/aromatic N) is 1. The summed E-state index contributed by atoms with van der Waals surface area (Å²) >= 11 is 0. The molecule has 4 rings (SSSR count). The standard InChI is InChI=1S/C22H37NO/c1-5-6-15-13-18-16-7-8-19-22(3,12-10-20(24)23(19)4)17(16)9-11-21(18,2)14-15/h15-19H,5-14H2,1-4H3/t15-,16+,17-,18-,19+,21+,22+/m0/s1. The van der Waals surface area contributed by atoms with Gasteiger partial charge in [0.25, 0.3) is 0 Å². The van der Waals surface area contributed by atoms with Crippen molar-refractivity contribution in [1.29, 1.82) is 0 Å². The summed E-state index contributed by atoms with van der Waals surface area (Å²) in [4.78, 5) is 14.4.